The summed E-state index contributed by atoms with van der Waals surface area (Å²) in [7, 11) is 1.33. The zero-order chi connectivity index (χ0) is 11.7. The summed E-state index contributed by atoms with van der Waals surface area (Å²) in [5, 5.41) is 0. The molecule has 0 saturated heterocycles. The normalized spacial score (nSPS) is 14.9. The summed E-state index contributed by atoms with van der Waals surface area (Å²) in [6, 6.07) is 1.66. The van der Waals surface area contributed by atoms with Crippen LogP contribution in [0.4, 0.5) is 0 Å². The van der Waals surface area contributed by atoms with E-state index in [0.717, 1.165) is 17.3 Å². The van der Waals surface area contributed by atoms with E-state index in [0.29, 0.717) is 5.69 Å². The van der Waals surface area contributed by atoms with Crippen LogP contribution in [0.5, 0.6) is 0 Å². The van der Waals surface area contributed by atoms with Crippen molar-refractivity contribution in [3.8, 4) is 0 Å². The van der Waals surface area contributed by atoms with E-state index in [-0.39, 0.29) is 18.2 Å². The fourth-order valence-electron chi connectivity index (χ4n) is 1.58. The lowest BCUT2D eigenvalue weighted by atomic mass is 10.2. The van der Waals surface area contributed by atoms with Crippen LogP contribution in [-0.4, -0.2) is 23.4 Å². The SMILES string of the molecule is COC(=O)c1cc(Br)cn1CC(=O)C1CC1. The second-order valence-corrected chi connectivity index (χ2v) is 4.82. The van der Waals surface area contributed by atoms with Crippen LogP contribution in [0.3, 0.4) is 0 Å². The molecule has 1 heterocycles. The van der Waals surface area contributed by atoms with Crippen molar-refractivity contribution in [2.45, 2.75) is 19.4 Å². The largest absolute Gasteiger partial charge is 0.464 e. The van der Waals surface area contributed by atoms with Gasteiger partial charge in [0.05, 0.1) is 13.7 Å². The van der Waals surface area contributed by atoms with Crippen molar-refractivity contribution in [2.24, 2.45) is 5.92 Å². The number of aromatic nitrogens is 1. The zero-order valence-corrected chi connectivity index (χ0v) is 10.5. The smallest absolute Gasteiger partial charge is 0.354 e. The first kappa shape index (κ1) is 11.4. The Morgan fingerprint density at radius 2 is 2.25 bits per heavy atom. The minimum Gasteiger partial charge on any atom is -0.464 e. The van der Waals surface area contributed by atoms with E-state index in [1.807, 2.05) is 0 Å². The number of Topliss-reactive ketones (excluding diaryl/α,β-unsaturated/α-hetero) is 1. The highest BCUT2D eigenvalue weighted by molar-refractivity contribution is 9.10. The monoisotopic (exact) mass is 285 g/mol. The first-order chi connectivity index (χ1) is 7.61. The summed E-state index contributed by atoms with van der Waals surface area (Å²) in [6.07, 6.45) is 3.69. The molecular formula is C11H12BrNO3. The molecule has 0 N–H and O–H groups in total. The number of carbonyl (C=O) groups is 2. The fraction of sp³-hybridized carbons (Fsp3) is 0.455. The van der Waals surface area contributed by atoms with E-state index < -0.39 is 5.97 Å². The Morgan fingerprint density at radius 1 is 1.56 bits per heavy atom. The lowest BCUT2D eigenvalue weighted by Crippen LogP contribution is -2.16. The number of nitrogens with zero attached hydrogens (tertiary/aromatic N) is 1. The quantitative estimate of drug-likeness (QED) is 0.796. The summed E-state index contributed by atoms with van der Waals surface area (Å²) in [5.74, 6) is -0.0331. The van der Waals surface area contributed by atoms with Gasteiger partial charge >= 0.3 is 5.97 Å². The van der Waals surface area contributed by atoms with Crippen LogP contribution < -0.4 is 0 Å². The highest BCUT2D eigenvalue weighted by Gasteiger charge is 2.30. The Balaban J connectivity index is 2.18. The van der Waals surface area contributed by atoms with Crippen molar-refractivity contribution in [1.29, 1.82) is 0 Å². The molecule has 1 aromatic heterocycles. The fourth-order valence-corrected chi connectivity index (χ4v) is 2.05. The van der Waals surface area contributed by atoms with Crippen molar-refractivity contribution in [3.63, 3.8) is 0 Å². The predicted octanol–water partition coefficient (Wildman–Crippen LogP) is 2.02. The van der Waals surface area contributed by atoms with E-state index in [9.17, 15) is 9.59 Å². The van der Waals surface area contributed by atoms with Gasteiger partial charge in [0, 0.05) is 16.6 Å². The Labute approximate surface area is 102 Å². The number of methoxy groups -OCH3 is 1. The zero-order valence-electron chi connectivity index (χ0n) is 8.90. The van der Waals surface area contributed by atoms with Gasteiger partial charge in [0.1, 0.15) is 5.69 Å². The molecule has 0 spiro atoms. The molecule has 0 aromatic carbocycles. The Kier molecular flexibility index (Phi) is 3.14. The number of ether oxygens (including phenoxy) is 1. The molecule has 1 aliphatic carbocycles. The van der Waals surface area contributed by atoms with Crippen molar-refractivity contribution in [1.82, 2.24) is 4.57 Å². The molecule has 4 nitrogen and oxygen atoms in total. The molecule has 0 amide bonds. The molecule has 0 atom stereocenters. The molecular weight excluding hydrogens is 274 g/mol. The van der Waals surface area contributed by atoms with Gasteiger partial charge in [-0.2, -0.15) is 0 Å². The number of esters is 1. The average molecular weight is 286 g/mol. The summed E-state index contributed by atoms with van der Waals surface area (Å²) in [5.41, 5.74) is 0.406. The molecule has 16 heavy (non-hydrogen) atoms. The molecule has 0 aliphatic heterocycles. The standard InChI is InChI=1S/C11H12BrNO3/c1-16-11(15)9-4-8(12)5-13(9)6-10(14)7-2-3-7/h4-5,7H,2-3,6H2,1H3. The summed E-state index contributed by atoms with van der Waals surface area (Å²) >= 11 is 3.28. The molecule has 1 saturated carbocycles. The van der Waals surface area contributed by atoms with E-state index >= 15 is 0 Å². The van der Waals surface area contributed by atoms with Gasteiger partial charge in [-0.3, -0.25) is 4.79 Å². The molecule has 1 fully saturated rings. The molecule has 0 bridgehead atoms. The van der Waals surface area contributed by atoms with Crippen molar-refractivity contribution < 1.29 is 14.3 Å². The Morgan fingerprint density at radius 3 is 2.81 bits per heavy atom. The van der Waals surface area contributed by atoms with Crippen LogP contribution in [0, 0.1) is 5.92 Å². The van der Waals surface area contributed by atoms with Gasteiger partial charge in [0.15, 0.2) is 5.78 Å². The van der Waals surface area contributed by atoms with Crippen LogP contribution in [0.25, 0.3) is 0 Å². The average Bonchev–Trinajstić information content (AvgIpc) is 3.03. The van der Waals surface area contributed by atoms with Gasteiger partial charge in [-0.25, -0.2) is 4.79 Å². The topological polar surface area (TPSA) is 48.3 Å². The molecule has 0 radical (unpaired) electrons. The Hall–Kier alpha value is -1.10. The minimum absolute atomic E-state index is 0.188. The number of carbonyl (C=O) groups excluding carboxylic acids is 2. The molecule has 5 heteroatoms. The number of hydrogen-bond donors (Lipinski definition) is 0. The van der Waals surface area contributed by atoms with Crippen LogP contribution in [-0.2, 0) is 16.1 Å². The maximum absolute atomic E-state index is 11.7. The molecule has 2 rings (SSSR count). The lowest BCUT2D eigenvalue weighted by molar-refractivity contribution is -0.120. The van der Waals surface area contributed by atoms with E-state index in [2.05, 4.69) is 20.7 Å². The highest BCUT2D eigenvalue weighted by atomic mass is 79.9. The van der Waals surface area contributed by atoms with E-state index in [1.165, 1.54) is 7.11 Å². The van der Waals surface area contributed by atoms with Gasteiger partial charge in [0.25, 0.3) is 0 Å². The molecule has 86 valence electrons. The second kappa shape index (κ2) is 4.41. The second-order valence-electron chi connectivity index (χ2n) is 3.90. The minimum atomic E-state index is -0.422. The first-order valence-corrected chi connectivity index (χ1v) is 5.88. The molecule has 0 unspecified atom stereocenters. The third-order valence-electron chi connectivity index (χ3n) is 2.62. The summed E-state index contributed by atoms with van der Waals surface area (Å²) in [4.78, 5) is 23.1. The predicted molar refractivity (Wildman–Crippen MR) is 61.2 cm³/mol. The molecule has 1 aromatic rings. The maximum atomic E-state index is 11.7. The van der Waals surface area contributed by atoms with Gasteiger partial charge in [-0.05, 0) is 34.8 Å². The molecule has 1 aliphatic rings. The van der Waals surface area contributed by atoms with Gasteiger partial charge < -0.3 is 9.30 Å². The number of halogens is 1. The van der Waals surface area contributed by atoms with Crippen molar-refractivity contribution >= 4 is 27.7 Å². The highest BCUT2D eigenvalue weighted by Crippen LogP contribution is 2.30. The third kappa shape index (κ3) is 2.35. The maximum Gasteiger partial charge on any atom is 0.354 e. The summed E-state index contributed by atoms with van der Waals surface area (Å²) in [6.45, 7) is 0.251. The first-order valence-electron chi connectivity index (χ1n) is 5.08. The van der Waals surface area contributed by atoms with Crippen LogP contribution >= 0.6 is 15.9 Å². The van der Waals surface area contributed by atoms with E-state index in [1.54, 1.807) is 16.8 Å². The van der Waals surface area contributed by atoms with Gasteiger partial charge in [-0.15, -0.1) is 0 Å². The van der Waals surface area contributed by atoms with Crippen LogP contribution in [0.15, 0.2) is 16.7 Å². The number of rotatable bonds is 4. The van der Waals surface area contributed by atoms with E-state index in [4.69, 9.17) is 0 Å². The van der Waals surface area contributed by atoms with Crippen LogP contribution in [0.1, 0.15) is 23.3 Å². The van der Waals surface area contributed by atoms with Crippen molar-refractivity contribution in [2.75, 3.05) is 7.11 Å². The third-order valence-corrected chi connectivity index (χ3v) is 3.05. The van der Waals surface area contributed by atoms with Crippen LogP contribution in [0.2, 0.25) is 0 Å². The number of ketones is 1. The van der Waals surface area contributed by atoms with Crippen molar-refractivity contribution in [3.05, 3.63) is 22.4 Å². The number of hydrogen-bond acceptors (Lipinski definition) is 3. The lowest BCUT2D eigenvalue weighted by Gasteiger charge is -2.05. The summed E-state index contributed by atoms with van der Waals surface area (Å²) < 4.78 is 7.07. The Bertz CT molecular complexity index is 434. The van der Waals surface area contributed by atoms with Gasteiger partial charge in [0.2, 0.25) is 0 Å². The van der Waals surface area contributed by atoms with Gasteiger partial charge in [-0.1, -0.05) is 0 Å².